The number of carbonyl (C=O) groups is 1. The van der Waals surface area contributed by atoms with Crippen LogP contribution in [-0.2, 0) is 29.6 Å². The lowest BCUT2D eigenvalue weighted by Crippen LogP contribution is -2.60. The van der Waals surface area contributed by atoms with Crippen LogP contribution in [0.5, 0.6) is 0 Å². The molecule has 0 aromatic heterocycles. The lowest BCUT2D eigenvalue weighted by Gasteiger charge is -2.53. The van der Waals surface area contributed by atoms with Gasteiger partial charge in [0.05, 0.1) is 23.5 Å². The summed E-state index contributed by atoms with van der Waals surface area (Å²) in [5.74, 6) is -3.58. The van der Waals surface area contributed by atoms with E-state index in [9.17, 15) is 24.6 Å². The van der Waals surface area contributed by atoms with Crippen molar-refractivity contribution in [3.8, 4) is 0 Å². The molecule has 1 unspecified atom stereocenters. The minimum Gasteiger partial charge on any atom is -0.481 e. The highest BCUT2D eigenvalue weighted by Crippen LogP contribution is 2.68. The van der Waals surface area contributed by atoms with Gasteiger partial charge in [0.25, 0.3) is 5.69 Å². The fraction of sp³-hybridized carbons (Fsp3) is 0.464. The molecule has 2 aliphatic heterocycles. The van der Waals surface area contributed by atoms with E-state index in [1.165, 1.54) is 25.3 Å². The molecule has 11 heteroatoms. The average molecular weight is 559 g/mol. The predicted molar refractivity (Wildman–Crippen MR) is 145 cm³/mol. The Balaban J connectivity index is 1.95. The Bertz CT molecular complexity index is 1310. The van der Waals surface area contributed by atoms with Crippen LogP contribution in [0.25, 0.3) is 0 Å². The maximum Gasteiger partial charge on any atom is 0.359 e. The van der Waals surface area contributed by atoms with Crippen LogP contribution < -0.4 is 0 Å². The number of carboxylic acids is 1. The van der Waals surface area contributed by atoms with E-state index in [4.69, 9.17) is 13.8 Å². The number of hydrogen-bond donors (Lipinski definition) is 1. The number of methoxy groups -OCH3 is 1. The Labute approximate surface area is 228 Å². The minimum absolute atomic E-state index is 0.145. The van der Waals surface area contributed by atoms with Crippen molar-refractivity contribution < 1.29 is 33.2 Å². The van der Waals surface area contributed by atoms with Crippen molar-refractivity contribution in [1.82, 2.24) is 4.90 Å². The molecule has 2 aliphatic rings. The lowest BCUT2D eigenvalue weighted by molar-refractivity contribution is -0.384. The Morgan fingerprint density at radius 2 is 1.79 bits per heavy atom. The smallest absolute Gasteiger partial charge is 0.359 e. The van der Waals surface area contributed by atoms with Gasteiger partial charge in [-0.1, -0.05) is 56.3 Å². The first-order valence-electron chi connectivity index (χ1n) is 12.8. The molecular weight excluding hydrogens is 523 g/mol. The number of aliphatic carboxylic acids is 1. The van der Waals surface area contributed by atoms with Gasteiger partial charge in [0.15, 0.2) is 5.72 Å². The molecule has 0 bridgehead atoms. The van der Waals surface area contributed by atoms with Crippen LogP contribution in [0, 0.1) is 21.4 Å². The summed E-state index contributed by atoms with van der Waals surface area (Å²) in [5, 5.41) is 22.5. The first-order chi connectivity index (χ1) is 18.3. The largest absolute Gasteiger partial charge is 0.481 e. The molecule has 1 N–H and O–H groups in total. The summed E-state index contributed by atoms with van der Waals surface area (Å²) >= 11 is 0. The van der Waals surface area contributed by atoms with Gasteiger partial charge in [-0.3, -0.25) is 19.5 Å². The number of nitro groups is 1. The number of nitrogens with zero attached hydrogens (tertiary/aromatic N) is 2. The summed E-state index contributed by atoms with van der Waals surface area (Å²) in [6.45, 7) is 7.93. The molecule has 3 atom stereocenters. The van der Waals surface area contributed by atoms with E-state index in [-0.39, 0.29) is 24.2 Å². The van der Waals surface area contributed by atoms with Crippen molar-refractivity contribution >= 4 is 19.3 Å². The molecule has 39 heavy (non-hydrogen) atoms. The van der Waals surface area contributed by atoms with E-state index < -0.39 is 41.5 Å². The lowest BCUT2D eigenvalue weighted by atomic mass is 9.75. The fourth-order valence-corrected chi connectivity index (χ4v) is 8.05. The molecule has 2 heterocycles. The van der Waals surface area contributed by atoms with Gasteiger partial charge in [0, 0.05) is 42.8 Å². The van der Waals surface area contributed by atoms with Crippen molar-refractivity contribution in [1.29, 1.82) is 0 Å². The average Bonchev–Trinajstić information content (AvgIpc) is 2.90. The number of ether oxygens (including phenoxy) is 1. The molecule has 2 aromatic rings. The minimum atomic E-state index is -4.01. The van der Waals surface area contributed by atoms with E-state index in [0.717, 1.165) is 5.56 Å². The topological polar surface area (TPSA) is 128 Å². The Kier molecular flexibility index (Phi) is 8.06. The summed E-state index contributed by atoms with van der Waals surface area (Å²) in [5.41, 5.74) is -0.118. The quantitative estimate of drug-likeness (QED) is 0.243. The number of hydrogen-bond acceptors (Lipinski definition) is 8. The summed E-state index contributed by atoms with van der Waals surface area (Å²) in [4.78, 5) is 26.0. The molecule has 0 spiro atoms. The number of benzene rings is 2. The van der Waals surface area contributed by atoms with Gasteiger partial charge in [0.2, 0.25) is 0 Å². The number of non-ortho nitro benzene ring substituents is 1. The molecular formula is C28H35N2O8P. The van der Waals surface area contributed by atoms with E-state index in [2.05, 4.69) is 0 Å². The van der Waals surface area contributed by atoms with Crippen molar-refractivity contribution in [2.24, 2.45) is 11.3 Å². The highest BCUT2D eigenvalue weighted by atomic mass is 31.2. The summed E-state index contributed by atoms with van der Waals surface area (Å²) < 4.78 is 32.3. The van der Waals surface area contributed by atoms with Gasteiger partial charge < -0.3 is 23.8 Å². The van der Waals surface area contributed by atoms with Crippen LogP contribution in [-0.4, -0.2) is 53.5 Å². The molecule has 0 radical (unpaired) electrons. The number of rotatable bonds is 8. The van der Waals surface area contributed by atoms with Gasteiger partial charge in [-0.05, 0) is 31.4 Å². The van der Waals surface area contributed by atoms with E-state index in [1.807, 2.05) is 49.1 Å². The van der Waals surface area contributed by atoms with Crippen LogP contribution in [0.1, 0.15) is 44.7 Å². The van der Waals surface area contributed by atoms with E-state index in [0.29, 0.717) is 24.2 Å². The third-order valence-corrected chi connectivity index (χ3v) is 9.78. The molecule has 0 amide bonds. The van der Waals surface area contributed by atoms with Crippen molar-refractivity contribution in [3.05, 3.63) is 86.8 Å². The van der Waals surface area contributed by atoms with Crippen molar-refractivity contribution in [3.63, 3.8) is 0 Å². The van der Waals surface area contributed by atoms with Crippen LogP contribution in [0.15, 0.2) is 65.6 Å². The normalized spacial score (nSPS) is 26.3. The van der Waals surface area contributed by atoms with Crippen molar-refractivity contribution in [2.45, 2.75) is 45.8 Å². The zero-order chi connectivity index (χ0) is 28.6. The fourth-order valence-electron chi connectivity index (χ4n) is 5.50. The first kappa shape index (κ1) is 29.0. The first-order valence-corrected chi connectivity index (χ1v) is 14.3. The molecule has 10 nitrogen and oxygen atoms in total. The molecule has 210 valence electrons. The third-order valence-electron chi connectivity index (χ3n) is 7.65. The molecule has 0 aliphatic carbocycles. The maximum absolute atomic E-state index is 14.5. The van der Waals surface area contributed by atoms with Crippen LogP contribution >= 0.6 is 7.60 Å². The van der Waals surface area contributed by atoms with Crippen LogP contribution in [0.2, 0.25) is 0 Å². The van der Waals surface area contributed by atoms with Gasteiger partial charge in [-0.2, -0.15) is 0 Å². The number of nitro benzene ring substituents is 1. The maximum atomic E-state index is 14.5. The second kappa shape index (κ2) is 10.8. The van der Waals surface area contributed by atoms with Crippen LogP contribution in [0.3, 0.4) is 0 Å². The predicted octanol–water partition coefficient (Wildman–Crippen LogP) is 5.80. The highest BCUT2D eigenvalue weighted by molar-refractivity contribution is 7.58. The molecule has 4 rings (SSSR count). The van der Waals surface area contributed by atoms with Gasteiger partial charge in [-0.15, -0.1) is 0 Å². The number of carboxylic acid groups (broad SMARTS) is 1. The second-order valence-corrected chi connectivity index (χ2v) is 13.0. The Morgan fingerprint density at radius 3 is 2.36 bits per heavy atom. The second-order valence-electron chi connectivity index (χ2n) is 11.0. The molecule has 0 saturated carbocycles. The summed E-state index contributed by atoms with van der Waals surface area (Å²) in [6, 6.07) is 15.5. The molecule has 1 saturated heterocycles. The molecule has 1 fully saturated rings. The molecule has 2 aromatic carbocycles. The zero-order valence-electron chi connectivity index (χ0n) is 22.8. The Morgan fingerprint density at radius 1 is 1.15 bits per heavy atom. The summed E-state index contributed by atoms with van der Waals surface area (Å²) in [6.07, 6.45) is 0.567. The van der Waals surface area contributed by atoms with Crippen LogP contribution in [0.4, 0.5) is 5.69 Å². The van der Waals surface area contributed by atoms with Gasteiger partial charge in [0.1, 0.15) is 5.92 Å². The highest BCUT2D eigenvalue weighted by Gasteiger charge is 2.59. The monoisotopic (exact) mass is 558 g/mol. The SMILES string of the molecule is CO[C@@]1(C)C(C(=O)O)[C@@H](c2cccc([N+](=O)[O-])c2)C(P2(=O)OCC(C)(C)CO2)=C(C)N1CCc1ccccc1. The Hall–Kier alpha value is -3.04. The van der Waals surface area contributed by atoms with Gasteiger partial charge >= 0.3 is 13.6 Å². The van der Waals surface area contributed by atoms with E-state index in [1.54, 1.807) is 19.9 Å². The van der Waals surface area contributed by atoms with Crippen molar-refractivity contribution in [2.75, 3.05) is 26.9 Å². The van der Waals surface area contributed by atoms with E-state index >= 15 is 0 Å². The third kappa shape index (κ3) is 5.52. The van der Waals surface area contributed by atoms with Gasteiger partial charge in [-0.25, -0.2) is 0 Å². The number of allylic oxidation sites excluding steroid dienone is 2. The summed E-state index contributed by atoms with van der Waals surface area (Å²) in [7, 11) is -2.58. The zero-order valence-corrected chi connectivity index (χ0v) is 23.7. The standard InChI is InChI=1S/C28H35N2O8P/c1-19-25(39(35)37-17-27(2,3)18-38-39)23(21-12-9-13-22(16-21)30(33)34)24(26(31)32)28(4,36-5)29(19)15-14-20-10-7-6-8-11-20/h6-13,16,23-24H,14-15,17-18H2,1-5H3,(H,31,32)/t23-,24?,28+/m1/s1.